The van der Waals surface area contributed by atoms with Crippen LogP contribution < -0.4 is 0 Å². The third-order valence-corrected chi connectivity index (χ3v) is 1.22. The van der Waals surface area contributed by atoms with Gasteiger partial charge in [-0.25, -0.2) is 9.78 Å². The van der Waals surface area contributed by atoms with E-state index in [4.69, 9.17) is 0 Å². The maximum Gasteiger partial charge on any atom is 0.384 e. The Kier molecular flexibility index (Phi) is 2.98. The van der Waals surface area contributed by atoms with Crippen molar-refractivity contribution in [3.05, 3.63) is 29.8 Å². The standard InChI is InChI=1S/C9H6FNO2/c1-13-9(12)5-3-7-2-4-8(10)11-6-7/h2,4,6H,1H3. The summed E-state index contributed by atoms with van der Waals surface area (Å²) in [5.41, 5.74) is 0.465. The Hall–Kier alpha value is -1.89. The highest BCUT2D eigenvalue weighted by molar-refractivity contribution is 5.88. The molecule has 0 saturated heterocycles. The molecule has 0 fully saturated rings. The van der Waals surface area contributed by atoms with Gasteiger partial charge in [0, 0.05) is 17.7 Å². The Morgan fingerprint density at radius 1 is 1.62 bits per heavy atom. The monoisotopic (exact) mass is 179 g/mol. The van der Waals surface area contributed by atoms with Gasteiger partial charge in [0.15, 0.2) is 0 Å². The Morgan fingerprint density at radius 3 is 2.92 bits per heavy atom. The highest BCUT2D eigenvalue weighted by Gasteiger charge is 1.92. The molecule has 13 heavy (non-hydrogen) atoms. The minimum Gasteiger partial charge on any atom is -0.459 e. The molecule has 0 unspecified atom stereocenters. The summed E-state index contributed by atoms with van der Waals surface area (Å²) in [5, 5.41) is 0. The molecular formula is C9H6FNO2. The van der Waals surface area contributed by atoms with Crippen molar-refractivity contribution in [2.45, 2.75) is 0 Å². The molecule has 66 valence electrons. The number of aromatic nitrogens is 1. The molecule has 3 nitrogen and oxygen atoms in total. The first-order chi connectivity index (χ1) is 6.22. The SMILES string of the molecule is COC(=O)C#Cc1ccc(F)nc1. The molecule has 1 rings (SSSR count). The summed E-state index contributed by atoms with van der Waals surface area (Å²) >= 11 is 0. The van der Waals surface area contributed by atoms with Crippen LogP contribution >= 0.6 is 0 Å². The van der Waals surface area contributed by atoms with Crippen molar-refractivity contribution >= 4 is 5.97 Å². The number of carbonyl (C=O) groups is 1. The van der Waals surface area contributed by atoms with Crippen molar-refractivity contribution in [1.29, 1.82) is 0 Å². The van der Waals surface area contributed by atoms with Gasteiger partial charge >= 0.3 is 5.97 Å². The molecule has 0 radical (unpaired) electrons. The van der Waals surface area contributed by atoms with Gasteiger partial charge in [-0.3, -0.25) is 0 Å². The van der Waals surface area contributed by atoms with Gasteiger partial charge in [0.1, 0.15) is 0 Å². The lowest BCUT2D eigenvalue weighted by atomic mass is 10.3. The van der Waals surface area contributed by atoms with E-state index in [1.807, 2.05) is 0 Å². The van der Waals surface area contributed by atoms with Crippen molar-refractivity contribution in [3.63, 3.8) is 0 Å². The second-order valence-corrected chi connectivity index (χ2v) is 2.11. The average Bonchev–Trinajstić information content (AvgIpc) is 2.16. The van der Waals surface area contributed by atoms with Crippen LogP contribution in [0.2, 0.25) is 0 Å². The normalized spacial score (nSPS) is 8.46. The summed E-state index contributed by atoms with van der Waals surface area (Å²) in [6, 6.07) is 2.60. The maximum absolute atomic E-state index is 12.3. The van der Waals surface area contributed by atoms with E-state index in [1.165, 1.54) is 25.4 Å². The molecule has 0 aliphatic rings. The van der Waals surface area contributed by atoms with Crippen molar-refractivity contribution in [3.8, 4) is 11.8 Å². The van der Waals surface area contributed by atoms with Crippen LogP contribution in [0.25, 0.3) is 0 Å². The molecule has 1 heterocycles. The first-order valence-electron chi connectivity index (χ1n) is 3.44. The van der Waals surface area contributed by atoms with Crippen molar-refractivity contribution in [1.82, 2.24) is 4.98 Å². The van der Waals surface area contributed by atoms with E-state index in [0.29, 0.717) is 5.56 Å². The van der Waals surface area contributed by atoms with Crippen LogP contribution in [0, 0.1) is 17.8 Å². The topological polar surface area (TPSA) is 39.2 Å². The highest BCUT2D eigenvalue weighted by atomic mass is 19.1. The molecule has 0 atom stereocenters. The summed E-state index contributed by atoms with van der Waals surface area (Å²) in [5.74, 6) is 3.45. The molecule has 0 aliphatic carbocycles. The Bertz CT molecular complexity index is 361. The van der Waals surface area contributed by atoms with Crippen LogP contribution in [-0.4, -0.2) is 18.1 Å². The van der Waals surface area contributed by atoms with Gasteiger partial charge in [-0.2, -0.15) is 4.39 Å². The zero-order valence-electron chi connectivity index (χ0n) is 6.87. The van der Waals surface area contributed by atoms with Gasteiger partial charge in [0.05, 0.1) is 7.11 Å². The smallest absolute Gasteiger partial charge is 0.384 e. The quantitative estimate of drug-likeness (QED) is 0.335. The van der Waals surface area contributed by atoms with Gasteiger partial charge < -0.3 is 4.74 Å². The van der Waals surface area contributed by atoms with Gasteiger partial charge in [-0.1, -0.05) is 5.92 Å². The predicted molar refractivity (Wildman–Crippen MR) is 43.1 cm³/mol. The molecule has 0 saturated carbocycles. The van der Waals surface area contributed by atoms with E-state index in [-0.39, 0.29) is 0 Å². The number of hydrogen-bond acceptors (Lipinski definition) is 3. The van der Waals surface area contributed by atoms with Crippen LogP contribution in [0.3, 0.4) is 0 Å². The predicted octanol–water partition coefficient (Wildman–Crippen LogP) is 0.745. The number of methoxy groups -OCH3 is 1. The zero-order valence-corrected chi connectivity index (χ0v) is 6.87. The van der Waals surface area contributed by atoms with Crippen LogP contribution in [0.4, 0.5) is 4.39 Å². The zero-order chi connectivity index (χ0) is 9.68. The minimum absolute atomic E-state index is 0.465. The van der Waals surface area contributed by atoms with Crippen molar-refractivity contribution in [2.75, 3.05) is 7.11 Å². The van der Waals surface area contributed by atoms with Gasteiger partial charge in [0.25, 0.3) is 0 Å². The number of hydrogen-bond donors (Lipinski definition) is 0. The summed E-state index contributed by atoms with van der Waals surface area (Å²) in [4.78, 5) is 13.9. The number of halogens is 1. The average molecular weight is 179 g/mol. The molecule has 1 aromatic rings. The lowest BCUT2D eigenvalue weighted by Gasteiger charge is -1.88. The molecule has 0 spiro atoms. The fourth-order valence-electron chi connectivity index (χ4n) is 0.624. The fraction of sp³-hybridized carbons (Fsp3) is 0.111. The lowest BCUT2D eigenvalue weighted by molar-refractivity contribution is -0.133. The van der Waals surface area contributed by atoms with Crippen LogP contribution in [-0.2, 0) is 9.53 Å². The molecule has 4 heteroatoms. The van der Waals surface area contributed by atoms with Gasteiger partial charge in [0.2, 0.25) is 5.95 Å². The Balaban J connectivity index is 2.78. The summed E-state index contributed by atoms with van der Waals surface area (Å²) < 4.78 is 16.6. The van der Waals surface area contributed by atoms with E-state index in [0.717, 1.165) is 0 Å². The second kappa shape index (κ2) is 4.21. The number of ether oxygens (including phenoxy) is 1. The molecular weight excluding hydrogens is 173 g/mol. The molecule has 0 aromatic carbocycles. The fourth-order valence-corrected chi connectivity index (χ4v) is 0.624. The number of carbonyl (C=O) groups excluding carboxylic acids is 1. The lowest BCUT2D eigenvalue weighted by Crippen LogP contribution is -1.94. The molecule has 0 bridgehead atoms. The van der Waals surface area contributed by atoms with E-state index < -0.39 is 11.9 Å². The molecule has 0 aliphatic heterocycles. The van der Waals surface area contributed by atoms with Crippen molar-refractivity contribution in [2.24, 2.45) is 0 Å². The summed E-state index contributed by atoms with van der Waals surface area (Å²) in [6.07, 6.45) is 1.24. The third-order valence-electron chi connectivity index (χ3n) is 1.22. The Morgan fingerprint density at radius 2 is 2.38 bits per heavy atom. The van der Waals surface area contributed by atoms with E-state index >= 15 is 0 Å². The molecule has 0 N–H and O–H groups in total. The van der Waals surface area contributed by atoms with E-state index in [1.54, 1.807) is 0 Å². The molecule has 1 aromatic heterocycles. The van der Waals surface area contributed by atoms with Crippen molar-refractivity contribution < 1.29 is 13.9 Å². The van der Waals surface area contributed by atoms with Crippen LogP contribution in [0.15, 0.2) is 18.3 Å². The third kappa shape index (κ3) is 2.91. The second-order valence-electron chi connectivity index (χ2n) is 2.11. The highest BCUT2D eigenvalue weighted by Crippen LogP contribution is 1.95. The minimum atomic E-state index is -0.635. The van der Waals surface area contributed by atoms with Gasteiger partial charge in [-0.15, -0.1) is 0 Å². The maximum atomic E-state index is 12.3. The van der Waals surface area contributed by atoms with E-state index in [2.05, 4.69) is 21.6 Å². The Labute approximate surface area is 74.6 Å². The number of rotatable bonds is 0. The van der Waals surface area contributed by atoms with Gasteiger partial charge in [-0.05, 0) is 12.1 Å². The number of esters is 1. The van der Waals surface area contributed by atoms with E-state index in [9.17, 15) is 9.18 Å². The summed E-state index contributed by atoms with van der Waals surface area (Å²) in [7, 11) is 1.24. The summed E-state index contributed by atoms with van der Waals surface area (Å²) in [6.45, 7) is 0. The first-order valence-corrected chi connectivity index (χ1v) is 3.44. The van der Waals surface area contributed by atoms with Crippen LogP contribution in [0.1, 0.15) is 5.56 Å². The number of nitrogens with zero attached hydrogens (tertiary/aromatic N) is 1. The molecule has 0 amide bonds. The first kappa shape index (κ1) is 9.20. The van der Waals surface area contributed by atoms with Crippen LogP contribution in [0.5, 0.6) is 0 Å². The largest absolute Gasteiger partial charge is 0.459 e. The number of pyridine rings is 1.